The maximum Gasteiger partial charge on any atom is 0.185 e. The van der Waals surface area contributed by atoms with E-state index in [9.17, 15) is 4.79 Å². The van der Waals surface area contributed by atoms with E-state index in [1.165, 1.54) is 0 Å². The van der Waals surface area contributed by atoms with Crippen LogP contribution in [0, 0.1) is 0 Å². The molecule has 0 saturated heterocycles. The van der Waals surface area contributed by atoms with E-state index in [1.807, 2.05) is 19.2 Å². The summed E-state index contributed by atoms with van der Waals surface area (Å²) in [6, 6.07) is 5.53. The second-order valence-electron chi connectivity index (χ2n) is 3.45. The van der Waals surface area contributed by atoms with Gasteiger partial charge in [0.1, 0.15) is 5.58 Å². The fourth-order valence-electron chi connectivity index (χ4n) is 1.86. The quantitative estimate of drug-likeness (QED) is 0.565. The Hall–Kier alpha value is -2.10. The molecule has 15 heavy (non-hydrogen) atoms. The van der Waals surface area contributed by atoms with Crippen molar-refractivity contribution in [1.82, 2.24) is 9.78 Å². The van der Waals surface area contributed by atoms with E-state index in [0.29, 0.717) is 17.6 Å². The molecule has 1 aromatic carbocycles. The van der Waals surface area contributed by atoms with Crippen LogP contribution in [0.25, 0.3) is 21.9 Å². The highest BCUT2D eigenvalue weighted by molar-refractivity contribution is 6.05. The van der Waals surface area contributed by atoms with Crippen LogP contribution in [-0.2, 0) is 7.05 Å². The van der Waals surface area contributed by atoms with Gasteiger partial charge in [-0.2, -0.15) is 5.10 Å². The summed E-state index contributed by atoms with van der Waals surface area (Å²) in [5.74, 6) is 0.346. The van der Waals surface area contributed by atoms with E-state index < -0.39 is 0 Å². The van der Waals surface area contributed by atoms with Crippen molar-refractivity contribution in [3.05, 3.63) is 30.2 Å². The molecule has 0 radical (unpaired) electrons. The third-order valence-corrected chi connectivity index (χ3v) is 2.53. The highest BCUT2D eigenvalue weighted by Crippen LogP contribution is 2.26. The fourth-order valence-corrected chi connectivity index (χ4v) is 1.86. The van der Waals surface area contributed by atoms with E-state index >= 15 is 0 Å². The van der Waals surface area contributed by atoms with Gasteiger partial charge in [0.15, 0.2) is 12.0 Å². The van der Waals surface area contributed by atoms with Crippen molar-refractivity contribution in [3.8, 4) is 0 Å². The van der Waals surface area contributed by atoms with Gasteiger partial charge >= 0.3 is 0 Å². The average molecular weight is 200 g/mol. The number of hydrogen-bond acceptors (Lipinski definition) is 3. The maximum absolute atomic E-state index is 10.6. The smallest absolute Gasteiger partial charge is 0.185 e. The molecule has 3 rings (SSSR count). The minimum absolute atomic E-state index is 0.346. The lowest BCUT2D eigenvalue weighted by atomic mass is 10.2. The number of rotatable bonds is 1. The normalized spacial score (nSPS) is 11.3. The molecule has 4 heteroatoms. The number of benzene rings is 1. The molecule has 0 aliphatic heterocycles. The first-order chi connectivity index (χ1) is 7.29. The first kappa shape index (κ1) is 8.23. The Labute approximate surface area is 85.1 Å². The average Bonchev–Trinajstić information content (AvgIpc) is 2.81. The number of aryl methyl sites for hydroxylation is 1. The number of hydrogen-bond donors (Lipinski definition) is 0. The van der Waals surface area contributed by atoms with Gasteiger partial charge in [-0.05, 0) is 18.2 Å². The second kappa shape index (κ2) is 2.70. The number of nitrogens with zero attached hydrogens (tertiary/aromatic N) is 2. The van der Waals surface area contributed by atoms with Gasteiger partial charge in [-0.25, -0.2) is 0 Å². The van der Waals surface area contributed by atoms with Gasteiger partial charge in [0.05, 0.1) is 11.7 Å². The van der Waals surface area contributed by atoms with Gasteiger partial charge in [0, 0.05) is 17.8 Å². The Bertz CT molecular complexity index is 664. The summed E-state index contributed by atoms with van der Waals surface area (Å²) in [7, 11) is 1.87. The number of carbonyl (C=O) groups excluding carboxylic acids is 1. The first-order valence-corrected chi connectivity index (χ1v) is 4.59. The summed E-state index contributed by atoms with van der Waals surface area (Å²) in [6.07, 6.45) is 2.50. The van der Waals surface area contributed by atoms with Gasteiger partial charge < -0.3 is 4.42 Å². The van der Waals surface area contributed by atoms with Crippen LogP contribution in [0.2, 0.25) is 0 Å². The SMILES string of the molecule is Cn1ncc2ccc3oc(C=O)cc3c21. The Morgan fingerprint density at radius 3 is 3.13 bits per heavy atom. The summed E-state index contributed by atoms with van der Waals surface area (Å²) in [4.78, 5) is 10.6. The topological polar surface area (TPSA) is 48.0 Å². The Morgan fingerprint density at radius 1 is 1.47 bits per heavy atom. The molecule has 0 N–H and O–H groups in total. The van der Waals surface area contributed by atoms with Crippen molar-refractivity contribution in [2.24, 2.45) is 7.05 Å². The molecule has 0 bridgehead atoms. The van der Waals surface area contributed by atoms with Crippen LogP contribution in [0.15, 0.2) is 28.8 Å². The van der Waals surface area contributed by atoms with Crippen molar-refractivity contribution in [2.45, 2.75) is 0 Å². The molecule has 0 saturated carbocycles. The monoisotopic (exact) mass is 200 g/mol. The summed E-state index contributed by atoms with van der Waals surface area (Å²) in [5, 5.41) is 6.14. The molecule has 2 heterocycles. The number of aromatic nitrogens is 2. The number of carbonyl (C=O) groups is 1. The second-order valence-corrected chi connectivity index (χ2v) is 3.45. The molecule has 74 valence electrons. The van der Waals surface area contributed by atoms with E-state index in [4.69, 9.17) is 4.42 Å². The molecule has 0 atom stereocenters. The molecule has 0 fully saturated rings. The number of aldehydes is 1. The third-order valence-electron chi connectivity index (χ3n) is 2.53. The predicted molar refractivity (Wildman–Crippen MR) is 55.9 cm³/mol. The molecule has 0 aliphatic rings. The number of fused-ring (bicyclic) bond motifs is 3. The highest BCUT2D eigenvalue weighted by Gasteiger charge is 2.09. The minimum Gasteiger partial charge on any atom is -0.453 e. The largest absolute Gasteiger partial charge is 0.453 e. The molecular formula is C11H8N2O2. The summed E-state index contributed by atoms with van der Waals surface area (Å²) < 4.78 is 7.12. The predicted octanol–water partition coefficient (Wildman–Crippen LogP) is 2.13. The van der Waals surface area contributed by atoms with Crippen molar-refractivity contribution in [1.29, 1.82) is 0 Å². The first-order valence-electron chi connectivity index (χ1n) is 4.59. The molecule has 2 aromatic heterocycles. The van der Waals surface area contributed by atoms with E-state index in [-0.39, 0.29) is 0 Å². The summed E-state index contributed by atoms with van der Waals surface area (Å²) >= 11 is 0. The summed E-state index contributed by atoms with van der Waals surface area (Å²) in [5.41, 5.74) is 1.71. The zero-order chi connectivity index (χ0) is 10.4. The molecule has 3 aromatic rings. The Morgan fingerprint density at radius 2 is 2.33 bits per heavy atom. The van der Waals surface area contributed by atoms with Crippen LogP contribution in [-0.4, -0.2) is 16.1 Å². The molecule has 0 spiro atoms. The van der Waals surface area contributed by atoms with Crippen molar-refractivity contribution in [2.75, 3.05) is 0 Å². The zero-order valence-electron chi connectivity index (χ0n) is 8.10. The van der Waals surface area contributed by atoms with Gasteiger partial charge in [0.2, 0.25) is 0 Å². The van der Waals surface area contributed by atoms with Crippen molar-refractivity contribution in [3.63, 3.8) is 0 Å². The van der Waals surface area contributed by atoms with Crippen LogP contribution in [0.4, 0.5) is 0 Å². The standard InChI is InChI=1S/C11H8N2O2/c1-13-11-7(5-12-13)2-3-10-9(11)4-8(6-14)15-10/h2-6H,1H3. The van der Waals surface area contributed by atoms with Gasteiger partial charge in [0.25, 0.3) is 0 Å². The lowest BCUT2D eigenvalue weighted by Gasteiger charge is -1.94. The van der Waals surface area contributed by atoms with Gasteiger partial charge in [-0.15, -0.1) is 0 Å². The van der Waals surface area contributed by atoms with Crippen molar-refractivity contribution >= 4 is 28.2 Å². The lowest BCUT2D eigenvalue weighted by molar-refractivity contribution is 0.110. The highest BCUT2D eigenvalue weighted by atomic mass is 16.3. The van der Waals surface area contributed by atoms with Crippen LogP contribution in [0.5, 0.6) is 0 Å². The van der Waals surface area contributed by atoms with E-state index in [2.05, 4.69) is 5.10 Å². The minimum atomic E-state index is 0.346. The molecule has 0 unspecified atom stereocenters. The molecule has 0 aliphatic carbocycles. The fraction of sp³-hybridized carbons (Fsp3) is 0.0909. The third kappa shape index (κ3) is 1.01. The molecular weight excluding hydrogens is 192 g/mol. The van der Waals surface area contributed by atoms with Gasteiger partial charge in [-0.1, -0.05) is 0 Å². The summed E-state index contributed by atoms with van der Waals surface area (Å²) in [6.45, 7) is 0. The molecule has 4 nitrogen and oxygen atoms in total. The van der Waals surface area contributed by atoms with E-state index in [1.54, 1.807) is 16.9 Å². The van der Waals surface area contributed by atoms with Crippen molar-refractivity contribution < 1.29 is 9.21 Å². The number of furan rings is 1. The molecule has 0 amide bonds. The Kier molecular flexibility index (Phi) is 1.48. The van der Waals surface area contributed by atoms with Gasteiger partial charge in [-0.3, -0.25) is 9.48 Å². The Balaban J connectivity index is 2.56. The van der Waals surface area contributed by atoms with Crippen LogP contribution in [0.3, 0.4) is 0 Å². The maximum atomic E-state index is 10.6. The van der Waals surface area contributed by atoms with Crippen LogP contribution < -0.4 is 0 Å². The lowest BCUT2D eigenvalue weighted by Crippen LogP contribution is -1.88. The van der Waals surface area contributed by atoms with Crippen LogP contribution >= 0.6 is 0 Å². The van der Waals surface area contributed by atoms with Crippen LogP contribution in [0.1, 0.15) is 10.6 Å². The van der Waals surface area contributed by atoms with E-state index in [0.717, 1.165) is 16.3 Å². The zero-order valence-corrected chi connectivity index (χ0v) is 8.10.